The van der Waals surface area contributed by atoms with Crippen molar-refractivity contribution in [2.75, 3.05) is 45.0 Å². The van der Waals surface area contributed by atoms with Crippen LogP contribution in [0.15, 0.2) is 52.7 Å². The molecule has 1 amide bonds. The van der Waals surface area contributed by atoms with E-state index >= 15 is 0 Å². The largest absolute Gasteiger partial charge is 0.497 e. The summed E-state index contributed by atoms with van der Waals surface area (Å²) in [5.74, 6) is 0.366. The van der Waals surface area contributed by atoms with Gasteiger partial charge in [0.1, 0.15) is 11.5 Å². The third-order valence-corrected chi connectivity index (χ3v) is 8.66. The Balaban J connectivity index is 1.51. The number of hydrogen-bond acceptors (Lipinski definition) is 8. The third-order valence-electron chi connectivity index (χ3n) is 5.92. The van der Waals surface area contributed by atoms with Crippen LogP contribution >= 0.6 is 11.3 Å². The van der Waals surface area contributed by atoms with Crippen molar-refractivity contribution in [3.63, 3.8) is 0 Å². The number of amides is 1. The van der Waals surface area contributed by atoms with Crippen LogP contribution in [0.5, 0.6) is 11.5 Å². The normalized spacial score (nSPS) is 16.5. The third kappa shape index (κ3) is 5.42. The molecule has 1 fully saturated rings. The van der Waals surface area contributed by atoms with E-state index in [0.717, 1.165) is 16.4 Å². The molecule has 3 aromatic rings. The van der Waals surface area contributed by atoms with Gasteiger partial charge in [0.05, 0.1) is 36.4 Å². The molecule has 0 saturated carbocycles. The predicted octanol–water partition coefficient (Wildman–Crippen LogP) is 3.91. The summed E-state index contributed by atoms with van der Waals surface area (Å²) in [5.41, 5.74) is 2.14. The zero-order chi connectivity index (χ0) is 25.0. The number of rotatable bonds is 8. The summed E-state index contributed by atoms with van der Waals surface area (Å²) in [6, 6.07) is 11.7. The number of aromatic nitrogens is 1. The molecule has 0 spiro atoms. The van der Waals surface area contributed by atoms with Crippen molar-refractivity contribution in [1.29, 1.82) is 0 Å². The number of thiazole rings is 1. The Labute approximate surface area is 209 Å². The second-order valence-electron chi connectivity index (χ2n) is 8.07. The standard InChI is InChI=1S/C24H28N4O5S2/c1-25-24-27-21(15-34-24)16-6-11-22(33-3)20(13-16)26-23(29)17-5-4-12-28(14-17)35(30,31)19-9-7-18(32-2)8-10-19/h6-11,13,15,17H,4-5,12,14H2,1-3H3,(H,25,27)(H,26,29)/t17-/m0/s1. The smallest absolute Gasteiger partial charge is 0.243 e. The molecule has 0 unspecified atom stereocenters. The topological polar surface area (TPSA) is 110 Å². The Kier molecular flexibility index (Phi) is 7.58. The maximum atomic E-state index is 13.2. The zero-order valence-electron chi connectivity index (χ0n) is 19.8. The summed E-state index contributed by atoms with van der Waals surface area (Å²) < 4.78 is 38.3. The van der Waals surface area contributed by atoms with E-state index in [2.05, 4.69) is 15.6 Å². The second kappa shape index (κ2) is 10.6. The molecule has 0 radical (unpaired) electrons. The molecule has 2 aromatic carbocycles. The number of nitrogens with zero attached hydrogens (tertiary/aromatic N) is 2. The first-order chi connectivity index (χ1) is 16.8. The second-order valence-corrected chi connectivity index (χ2v) is 10.9. The van der Waals surface area contributed by atoms with Gasteiger partial charge in [-0.1, -0.05) is 0 Å². The molecule has 186 valence electrons. The van der Waals surface area contributed by atoms with E-state index in [1.807, 2.05) is 24.6 Å². The number of anilines is 2. The first-order valence-electron chi connectivity index (χ1n) is 11.1. The molecule has 4 rings (SSSR count). The summed E-state index contributed by atoms with van der Waals surface area (Å²) in [6.45, 7) is 0.481. The first-order valence-corrected chi connectivity index (χ1v) is 13.4. The Morgan fingerprint density at radius 3 is 2.57 bits per heavy atom. The molecular formula is C24H28N4O5S2. The van der Waals surface area contributed by atoms with Crippen LogP contribution in [0.3, 0.4) is 0 Å². The zero-order valence-corrected chi connectivity index (χ0v) is 21.4. The molecule has 35 heavy (non-hydrogen) atoms. The van der Waals surface area contributed by atoms with Gasteiger partial charge in [-0.15, -0.1) is 11.3 Å². The van der Waals surface area contributed by atoms with Crippen molar-refractivity contribution in [2.24, 2.45) is 5.92 Å². The average molecular weight is 517 g/mol. The first kappa shape index (κ1) is 25.0. The maximum absolute atomic E-state index is 13.2. The molecule has 11 heteroatoms. The van der Waals surface area contributed by atoms with E-state index in [0.29, 0.717) is 36.6 Å². The van der Waals surface area contributed by atoms with Gasteiger partial charge in [0, 0.05) is 31.1 Å². The molecule has 9 nitrogen and oxygen atoms in total. The van der Waals surface area contributed by atoms with E-state index in [4.69, 9.17) is 9.47 Å². The van der Waals surface area contributed by atoms with Crippen LogP contribution < -0.4 is 20.1 Å². The number of carbonyl (C=O) groups excluding carboxylic acids is 1. The van der Waals surface area contributed by atoms with Crippen molar-refractivity contribution in [3.8, 4) is 22.8 Å². The maximum Gasteiger partial charge on any atom is 0.243 e. The fraction of sp³-hybridized carbons (Fsp3) is 0.333. The Morgan fingerprint density at radius 1 is 1.14 bits per heavy atom. The van der Waals surface area contributed by atoms with E-state index in [9.17, 15) is 13.2 Å². The van der Waals surface area contributed by atoms with E-state index in [1.54, 1.807) is 18.2 Å². The molecule has 1 aliphatic rings. The van der Waals surface area contributed by atoms with Crippen LogP contribution in [0.1, 0.15) is 12.8 Å². The van der Waals surface area contributed by atoms with Crippen molar-refractivity contribution < 1.29 is 22.7 Å². The molecule has 1 saturated heterocycles. The van der Waals surface area contributed by atoms with Gasteiger partial charge in [0.25, 0.3) is 0 Å². The van der Waals surface area contributed by atoms with Crippen LogP contribution in [0, 0.1) is 5.92 Å². The molecule has 1 atom stereocenters. The fourth-order valence-corrected chi connectivity index (χ4v) is 6.20. The quantitative estimate of drug-likeness (QED) is 0.467. The van der Waals surface area contributed by atoms with Gasteiger partial charge in [0.15, 0.2) is 5.13 Å². The van der Waals surface area contributed by atoms with Crippen LogP contribution in [0.25, 0.3) is 11.3 Å². The monoisotopic (exact) mass is 516 g/mol. The molecular weight excluding hydrogens is 488 g/mol. The summed E-state index contributed by atoms with van der Waals surface area (Å²) in [7, 11) is 1.15. The van der Waals surface area contributed by atoms with E-state index in [-0.39, 0.29) is 17.3 Å². The lowest BCUT2D eigenvalue weighted by Crippen LogP contribution is -2.43. The highest BCUT2D eigenvalue weighted by molar-refractivity contribution is 7.89. The highest BCUT2D eigenvalue weighted by atomic mass is 32.2. The van der Waals surface area contributed by atoms with Gasteiger partial charge >= 0.3 is 0 Å². The molecule has 2 heterocycles. The number of nitrogens with one attached hydrogen (secondary N) is 2. The Morgan fingerprint density at radius 2 is 1.91 bits per heavy atom. The van der Waals surface area contributed by atoms with E-state index < -0.39 is 15.9 Å². The lowest BCUT2D eigenvalue weighted by atomic mass is 9.98. The van der Waals surface area contributed by atoms with Crippen molar-refractivity contribution in [3.05, 3.63) is 47.8 Å². The number of benzene rings is 2. The molecule has 0 bridgehead atoms. The number of hydrogen-bond donors (Lipinski definition) is 2. The van der Waals surface area contributed by atoms with Crippen molar-refractivity contribution >= 4 is 38.1 Å². The minimum Gasteiger partial charge on any atom is -0.497 e. The molecule has 1 aromatic heterocycles. The molecule has 0 aliphatic carbocycles. The predicted molar refractivity (Wildman–Crippen MR) is 137 cm³/mol. The minimum absolute atomic E-state index is 0.111. The highest BCUT2D eigenvalue weighted by Crippen LogP contribution is 2.33. The van der Waals surface area contributed by atoms with Crippen molar-refractivity contribution in [2.45, 2.75) is 17.7 Å². The van der Waals surface area contributed by atoms with Crippen LogP contribution in [0.4, 0.5) is 10.8 Å². The molecule has 1 aliphatic heterocycles. The number of sulfonamides is 1. The number of methoxy groups -OCH3 is 2. The van der Waals surface area contributed by atoms with Crippen LogP contribution in [-0.2, 0) is 14.8 Å². The summed E-state index contributed by atoms with van der Waals surface area (Å²) in [5, 5.41) is 8.69. The summed E-state index contributed by atoms with van der Waals surface area (Å²) >= 11 is 1.49. The Bertz CT molecular complexity index is 1290. The lowest BCUT2D eigenvalue weighted by Gasteiger charge is -2.31. The molecule has 2 N–H and O–H groups in total. The van der Waals surface area contributed by atoms with Gasteiger partial charge in [-0.3, -0.25) is 4.79 Å². The lowest BCUT2D eigenvalue weighted by molar-refractivity contribution is -0.120. The van der Waals surface area contributed by atoms with E-state index in [1.165, 1.54) is 42.0 Å². The summed E-state index contributed by atoms with van der Waals surface area (Å²) in [4.78, 5) is 17.9. The highest BCUT2D eigenvalue weighted by Gasteiger charge is 2.33. The van der Waals surface area contributed by atoms with Gasteiger partial charge in [-0.2, -0.15) is 4.31 Å². The number of ether oxygens (including phenoxy) is 2. The van der Waals surface area contributed by atoms with Gasteiger partial charge < -0.3 is 20.1 Å². The van der Waals surface area contributed by atoms with Crippen LogP contribution in [-0.4, -0.2) is 58.0 Å². The van der Waals surface area contributed by atoms with Gasteiger partial charge in [0.2, 0.25) is 15.9 Å². The Hall–Kier alpha value is -3.15. The van der Waals surface area contributed by atoms with Gasteiger partial charge in [-0.25, -0.2) is 13.4 Å². The van der Waals surface area contributed by atoms with Crippen LogP contribution in [0.2, 0.25) is 0 Å². The fourth-order valence-electron chi connectivity index (χ4n) is 3.99. The van der Waals surface area contributed by atoms with Crippen molar-refractivity contribution in [1.82, 2.24) is 9.29 Å². The summed E-state index contributed by atoms with van der Waals surface area (Å²) in [6.07, 6.45) is 1.19. The average Bonchev–Trinajstić information content (AvgIpc) is 3.38. The minimum atomic E-state index is -3.72. The van der Waals surface area contributed by atoms with Gasteiger partial charge in [-0.05, 0) is 55.3 Å². The SMILES string of the molecule is CNc1nc(-c2ccc(OC)c(NC(=O)[C@H]3CCCN(S(=O)(=O)c4ccc(OC)cc4)C3)c2)cs1. The number of piperidine rings is 1. The number of carbonyl (C=O) groups is 1.